The van der Waals surface area contributed by atoms with Crippen molar-refractivity contribution < 1.29 is 9.53 Å². The molecule has 4 rings (SSSR count). The molecule has 0 bridgehead atoms. The zero-order valence-electron chi connectivity index (χ0n) is 16.2. The summed E-state index contributed by atoms with van der Waals surface area (Å²) >= 11 is 0. The number of piperazine rings is 1. The molecular weight excluding hydrogens is 368 g/mol. The number of carbonyl (C=O) groups is 1. The molecule has 1 fully saturated rings. The van der Waals surface area contributed by atoms with Crippen molar-refractivity contribution in [3.8, 4) is 5.75 Å². The average molecular weight is 392 g/mol. The predicted molar refractivity (Wildman–Crippen MR) is 111 cm³/mol. The number of carbonyl (C=O) groups excluding carboxylic acids is 1. The van der Waals surface area contributed by atoms with Crippen LogP contribution in [0.2, 0.25) is 0 Å². The lowest BCUT2D eigenvalue weighted by Gasteiger charge is -2.27. The van der Waals surface area contributed by atoms with Crippen LogP contribution in [0.3, 0.4) is 0 Å². The first-order valence-electron chi connectivity index (χ1n) is 9.88. The van der Waals surface area contributed by atoms with Crippen LogP contribution < -0.4 is 15.6 Å². The number of aryl methyl sites for hydroxylation is 1. The first-order chi connectivity index (χ1) is 14.2. The Kier molecular flexibility index (Phi) is 5.86. The van der Waals surface area contributed by atoms with Crippen molar-refractivity contribution in [3.05, 3.63) is 70.3 Å². The molecule has 1 aliphatic rings. The van der Waals surface area contributed by atoms with Crippen molar-refractivity contribution in [1.29, 1.82) is 0 Å². The van der Waals surface area contributed by atoms with Crippen LogP contribution in [0.25, 0.3) is 10.9 Å². The van der Waals surface area contributed by atoms with Crippen molar-refractivity contribution in [2.75, 3.05) is 26.2 Å². The second kappa shape index (κ2) is 8.87. The van der Waals surface area contributed by atoms with Gasteiger partial charge in [0.15, 0.2) is 0 Å². The van der Waals surface area contributed by atoms with Gasteiger partial charge in [-0.3, -0.25) is 9.59 Å². The fourth-order valence-electron chi connectivity index (χ4n) is 3.45. The van der Waals surface area contributed by atoms with Crippen molar-refractivity contribution in [1.82, 2.24) is 20.2 Å². The van der Waals surface area contributed by atoms with E-state index in [4.69, 9.17) is 4.74 Å². The summed E-state index contributed by atoms with van der Waals surface area (Å²) in [5, 5.41) is 3.71. The topological polar surface area (TPSA) is 87.3 Å². The fraction of sp³-hybridized carbons (Fsp3) is 0.318. The minimum absolute atomic E-state index is 0.0860. The van der Waals surface area contributed by atoms with Gasteiger partial charge in [-0.05, 0) is 17.7 Å². The highest BCUT2D eigenvalue weighted by molar-refractivity contribution is 5.83. The number of fused-ring (bicyclic) bond motifs is 1. The highest BCUT2D eigenvalue weighted by Crippen LogP contribution is 2.22. The molecule has 2 N–H and O–H groups in total. The Bertz CT molecular complexity index is 1040. The van der Waals surface area contributed by atoms with E-state index in [9.17, 15) is 9.59 Å². The van der Waals surface area contributed by atoms with E-state index in [1.54, 1.807) is 12.1 Å². The number of hydrogen-bond donors (Lipinski definition) is 2. The van der Waals surface area contributed by atoms with Crippen LogP contribution in [-0.2, 0) is 17.8 Å². The summed E-state index contributed by atoms with van der Waals surface area (Å²) < 4.78 is 5.94. The number of rotatable bonds is 6. The van der Waals surface area contributed by atoms with Crippen LogP contribution >= 0.6 is 0 Å². The largest absolute Gasteiger partial charge is 0.487 e. The molecule has 0 spiro atoms. The summed E-state index contributed by atoms with van der Waals surface area (Å²) in [6, 6.07) is 15.2. The smallest absolute Gasteiger partial charge is 0.258 e. The fourth-order valence-corrected chi connectivity index (χ4v) is 3.45. The summed E-state index contributed by atoms with van der Waals surface area (Å²) in [4.78, 5) is 34.2. The molecule has 1 aromatic heterocycles. The lowest BCUT2D eigenvalue weighted by molar-refractivity contribution is -0.131. The van der Waals surface area contributed by atoms with E-state index in [2.05, 4.69) is 15.3 Å². The maximum Gasteiger partial charge on any atom is 0.258 e. The van der Waals surface area contributed by atoms with Gasteiger partial charge >= 0.3 is 0 Å². The number of H-pyrrole nitrogens is 1. The summed E-state index contributed by atoms with van der Waals surface area (Å²) in [6.07, 6.45) is 0.711. The maximum atomic E-state index is 12.5. The molecule has 1 saturated heterocycles. The molecule has 0 aliphatic carbocycles. The first kappa shape index (κ1) is 19.1. The van der Waals surface area contributed by atoms with E-state index in [1.807, 2.05) is 41.3 Å². The van der Waals surface area contributed by atoms with E-state index in [-0.39, 0.29) is 11.5 Å². The van der Waals surface area contributed by atoms with Gasteiger partial charge in [-0.1, -0.05) is 36.4 Å². The van der Waals surface area contributed by atoms with E-state index in [0.29, 0.717) is 41.9 Å². The van der Waals surface area contributed by atoms with Gasteiger partial charge in [-0.15, -0.1) is 0 Å². The molecule has 0 saturated carbocycles. The first-order valence-corrected chi connectivity index (χ1v) is 9.88. The zero-order chi connectivity index (χ0) is 20.1. The minimum Gasteiger partial charge on any atom is -0.487 e. The van der Waals surface area contributed by atoms with Gasteiger partial charge in [0.1, 0.15) is 23.7 Å². The highest BCUT2D eigenvalue weighted by Gasteiger charge is 2.17. The van der Waals surface area contributed by atoms with Gasteiger partial charge in [0.25, 0.3) is 5.56 Å². The molecule has 2 aromatic carbocycles. The molecule has 0 radical (unpaired) electrons. The lowest BCUT2D eigenvalue weighted by Crippen LogP contribution is -2.46. The minimum atomic E-state index is -0.218. The maximum absolute atomic E-state index is 12.5. The van der Waals surface area contributed by atoms with Crippen molar-refractivity contribution in [2.45, 2.75) is 19.4 Å². The number of nitrogens with zero attached hydrogens (tertiary/aromatic N) is 2. The third kappa shape index (κ3) is 4.63. The molecule has 7 nitrogen and oxygen atoms in total. The number of nitrogens with one attached hydrogen (secondary N) is 2. The van der Waals surface area contributed by atoms with Crippen LogP contribution in [0.1, 0.15) is 17.8 Å². The molecule has 150 valence electrons. The van der Waals surface area contributed by atoms with Crippen LogP contribution in [0.4, 0.5) is 0 Å². The molecule has 3 aromatic rings. The van der Waals surface area contributed by atoms with Crippen LogP contribution in [0.5, 0.6) is 5.75 Å². The summed E-state index contributed by atoms with van der Waals surface area (Å²) in [5.41, 5.74) is 1.35. The second-order valence-corrected chi connectivity index (χ2v) is 7.07. The monoisotopic (exact) mass is 392 g/mol. The molecule has 29 heavy (non-hydrogen) atoms. The molecule has 7 heteroatoms. The lowest BCUT2D eigenvalue weighted by atomic mass is 10.2. The van der Waals surface area contributed by atoms with Crippen LogP contribution in [-0.4, -0.2) is 47.0 Å². The third-order valence-corrected chi connectivity index (χ3v) is 5.03. The Morgan fingerprint density at radius 2 is 1.86 bits per heavy atom. The molecule has 1 aliphatic heterocycles. The number of para-hydroxylation sites is 1. The summed E-state index contributed by atoms with van der Waals surface area (Å²) in [5.74, 6) is 1.15. The van der Waals surface area contributed by atoms with Gasteiger partial charge in [-0.25, -0.2) is 4.98 Å². The molecule has 1 amide bonds. The number of amides is 1. The van der Waals surface area contributed by atoms with Crippen molar-refractivity contribution in [3.63, 3.8) is 0 Å². The normalized spacial score (nSPS) is 14.1. The Balaban J connectivity index is 1.51. The molecule has 2 heterocycles. The number of ether oxygens (including phenoxy) is 1. The Labute approximate surface area is 168 Å². The second-order valence-electron chi connectivity index (χ2n) is 7.07. The van der Waals surface area contributed by atoms with Crippen molar-refractivity contribution in [2.24, 2.45) is 0 Å². The van der Waals surface area contributed by atoms with Crippen molar-refractivity contribution >= 4 is 16.8 Å². The van der Waals surface area contributed by atoms with E-state index in [0.717, 1.165) is 31.7 Å². The van der Waals surface area contributed by atoms with Crippen LogP contribution in [0.15, 0.2) is 53.3 Å². The Hall–Kier alpha value is -3.19. The predicted octanol–water partition coefficient (Wildman–Crippen LogP) is 1.87. The molecule has 0 unspecified atom stereocenters. The quantitative estimate of drug-likeness (QED) is 0.669. The summed E-state index contributed by atoms with van der Waals surface area (Å²) in [6.45, 7) is 3.47. The number of aromatic amines is 1. The van der Waals surface area contributed by atoms with Gasteiger partial charge in [0.2, 0.25) is 5.91 Å². The number of benzene rings is 2. The number of hydrogen-bond acceptors (Lipinski definition) is 5. The standard InChI is InChI=1S/C22H24N4O3/c27-20(26-13-11-23-12-14-26)10-9-19-24-21-17(22(28)25-19)7-4-8-18(21)29-15-16-5-2-1-3-6-16/h1-8,23H,9-15H2,(H,24,25,28). The SMILES string of the molecule is O=C(CCc1nc2c(OCc3ccccc3)cccc2c(=O)[nH]1)N1CCNCC1. The Morgan fingerprint density at radius 1 is 1.07 bits per heavy atom. The van der Waals surface area contributed by atoms with Gasteiger partial charge < -0.3 is 19.9 Å². The van der Waals surface area contributed by atoms with E-state index < -0.39 is 0 Å². The Morgan fingerprint density at radius 3 is 2.66 bits per heavy atom. The average Bonchev–Trinajstić information content (AvgIpc) is 2.77. The van der Waals surface area contributed by atoms with Gasteiger partial charge in [0, 0.05) is 39.0 Å². The molecular formula is C22H24N4O3. The summed E-state index contributed by atoms with van der Waals surface area (Å²) in [7, 11) is 0. The molecule has 0 atom stereocenters. The van der Waals surface area contributed by atoms with Gasteiger partial charge in [0.05, 0.1) is 5.39 Å². The van der Waals surface area contributed by atoms with E-state index >= 15 is 0 Å². The van der Waals surface area contributed by atoms with E-state index in [1.165, 1.54) is 0 Å². The van der Waals surface area contributed by atoms with Gasteiger partial charge in [-0.2, -0.15) is 0 Å². The zero-order valence-corrected chi connectivity index (χ0v) is 16.2. The number of aromatic nitrogens is 2. The third-order valence-electron chi connectivity index (χ3n) is 5.03. The van der Waals surface area contributed by atoms with Crippen LogP contribution in [0, 0.1) is 0 Å². The highest BCUT2D eigenvalue weighted by atomic mass is 16.5.